The second kappa shape index (κ2) is 5.57. The Kier molecular flexibility index (Phi) is 3.62. The number of aromatic nitrogens is 3. The first-order valence-corrected chi connectivity index (χ1v) is 7.34. The van der Waals surface area contributed by atoms with E-state index in [1.807, 2.05) is 42.1 Å². The summed E-state index contributed by atoms with van der Waals surface area (Å²) >= 11 is 1.45. The third-order valence-corrected chi connectivity index (χ3v) is 4.21. The fourth-order valence-corrected chi connectivity index (χ4v) is 2.95. The number of rotatable bonds is 4. The van der Waals surface area contributed by atoms with Crippen molar-refractivity contribution in [3.05, 3.63) is 54.0 Å². The average Bonchev–Trinajstić information content (AvgIpc) is 2.89. The molecular formula is C15H12N3O2S-. The number of thioether (sulfide) groups is 1. The van der Waals surface area contributed by atoms with Gasteiger partial charge in [-0.3, -0.25) is 4.98 Å². The molecule has 0 amide bonds. The number of carbonyl (C=O) groups is 1. The number of carbonyl (C=O) groups excluding carboxylic acids is 1. The maximum Gasteiger partial charge on any atom is 0.168 e. The summed E-state index contributed by atoms with van der Waals surface area (Å²) in [5, 5.41) is 12.9. The third kappa shape index (κ3) is 2.75. The lowest BCUT2D eigenvalue weighted by atomic mass is 10.1. The van der Waals surface area contributed by atoms with Crippen LogP contribution in [0.15, 0.2) is 47.9 Å². The highest BCUT2D eigenvalue weighted by atomic mass is 32.2. The monoisotopic (exact) mass is 298 g/mol. The molecule has 0 radical (unpaired) electrons. The van der Waals surface area contributed by atoms with Crippen LogP contribution in [0.5, 0.6) is 0 Å². The Morgan fingerprint density at radius 2 is 2.19 bits per heavy atom. The zero-order valence-electron chi connectivity index (χ0n) is 11.3. The fraction of sp³-hybridized carbons (Fsp3) is 0.133. The Labute approximate surface area is 125 Å². The average molecular weight is 298 g/mol. The number of benzene rings is 1. The molecule has 6 heteroatoms. The summed E-state index contributed by atoms with van der Waals surface area (Å²) < 4.78 is 1.88. The van der Waals surface area contributed by atoms with Crippen LogP contribution in [0.3, 0.4) is 0 Å². The van der Waals surface area contributed by atoms with E-state index in [2.05, 4.69) is 9.97 Å². The molecule has 0 aliphatic heterocycles. The van der Waals surface area contributed by atoms with Crippen molar-refractivity contribution in [3.63, 3.8) is 0 Å². The van der Waals surface area contributed by atoms with E-state index in [-0.39, 0.29) is 5.56 Å². The predicted octanol–water partition coefficient (Wildman–Crippen LogP) is 1.62. The van der Waals surface area contributed by atoms with Crippen molar-refractivity contribution in [2.45, 2.75) is 10.9 Å². The van der Waals surface area contributed by atoms with Gasteiger partial charge in [0.15, 0.2) is 5.16 Å². The van der Waals surface area contributed by atoms with E-state index in [4.69, 9.17) is 0 Å². The number of carboxylic acid groups (broad SMARTS) is 1. The minimum absolute atomic E-state index is 0.135. The van der Waals surface area contributed by atoms with Crippen LogP contribution in [0.4, 0.5) is 0 Å². The standard InChI is InChI=1S/C15H13N3O2S/c1-18-7-6-16-15(18)21-9-13-11(14(19)20)8-10-4-2-3-5-12(10)17-13/h2-8H,9H2,1H3,(H,19,20)/p-1. The summed E-state index contributed by atoms with van der Waals surface area (Å²) in [5.41, 5.74) is 1.41. The number of fused-ring (bicyclic) bond motifs is 1. The van der Waals surface area contributed by atoms with Gasteiger partial charge in [0.05, 0.1) is 17.2 Å². The molecule has 21 heavy (non-hydrogen) atoms. The molecule has 0 aliphatic rings. The van der Waals surface area contributed by atoms with Crippen molar-refractivity contribution in [2.24, 2.45) is 7.05 Å². The van der Waals surface area contributed by atoms with E-state index in [9.17, 15) is 9.90 Å². The summed E-state index contributed by atoms with van der Waals surface area (Å²) in [6, 6.07) is 9.05. The van der Waals surface area contributed by atoms with E-state index in [1.54, 1.807) is 12.3 Å². The van der Waals surface area contributed by atoms with Gasteiger partial charge >= 0.3 is 0 Å². The van der Waals surface area contributed by atoms with Crippen molar-refractivity contribution in [3.8, 4) is 0 Å². The highest BCUT2D eigenvalue weighted by molar-refractivity contribution is 7.98. The van der Waals surface area contributed by atoms with Gasteiger partial charge in [-0.15, -0.1) is 0 Å². The van der Waals surface area contributed by atoms with Crippen LogP contribution in [0.2, 0.25) is 0 Å². The molecule has 0 saturated heterocycles. The van der Waals surface area contributed by atoms with Gasteiger partial charge in [0.1, 0.15) is 0 Å². The van der Waals surface area contributed by atoms with Crippen LogP contribution in [-0.2, 0) is 12.8 Å². The number of nitrogens with zero attached hydrogens (tertiary/aromatic N) is 3. The summed E-state index contributed by atoms with van der Waals surface area (Å²) in [6.45, 7) is 0. The summed E-state index contributed by atoms with van der Waals surface area (Å²) in [4.78, 5) is 20.0. The second-order valence-electron chi connectivity index (χ2n) is 4.57. The van der Waals surface area contributed by atoms with Gasteiger partial charge in [0.25, 0.3) is 0 Å². The number of aryl methyl sites for hydroxylation is 1. The molecule has 106 valence electrons. The summed E-state index contributed by atoms with van der Waals surface area (Å²) in [6.07, 6.45) is 3.55. The number of hydrogen-bond acceptors (Lipinski definition) is 5. The molecule has 5 nitrogen and oxygen atoms in total. The van der Waals surface area contributed by atoms with Gasteiger partial charge in [0.2, 0.25) is 0 Å². The first-order valence-electron chi connectivity index (χ1n) is 6.35. The largest absolute Gasteiger partial charge is 0.545 e. The zero-order valence-corrected chi connectivity index (χ0v) is 12.1. The molecule has 0 fully saturated rings. The Morgan fingerprint density at radius 3 is 2.90 bits per heavy atom. The Balaban J connectivity index is 1.97. The second-order valence-corrected chi connectivity index (χ2v) is 5.51. The topological polar surface area (TPSA) is 70.8 Å². The molecule has 3 aromatic rings. The maximum atomic E-state index is 11.3. The van der Waals surface area contributed by atoms with Crippen molar-refractivity contribution in [1.29, 1.82) is 0 Å². The normalized spacial score (nSPS) is 10.9. The Morgan fingerprint density at radius 1 is 1.38 bits per heavy atom. The van der Waals surface area contributed by atoms with Crippen LogP contribution >= 0.6 is 11.8 Å². The minimum atomic E-state index is -1.20. The number of para-hydroxylation sites is 1. The minimum Gasteiger partial charge on any atom is -0.545 e. The molecule has 0 atom stereocenters. The smallest absolute Gasteiger partial charge is 0.168 e. The predicted molar refractivity (Wildman–Crippen MR) is 78.8 cm³/mol. The highest BCUT2D eigenvalue weighted by Gasteiger charge is 2.10. The van der Waals surface area contributed by atoms with E-state index >= 15 is 0 Å². The lowest BCUT2D eigenvalue weighted by Crippen LogP contribution is -2.24. The third-order valence-electron chi connectivity index (χ3n) is 3.14. The van der Waals surface area contributed by atoms with E-state index < -0.39 is 5.97 Å². The van der Waals surface area contributed by atoms with Crippen molar-refractivity contribution < 1.29 is 9.90 Å². The molecule has 2 heterocycles. The van der Waals surface area contributed by atoms with Crippen molar-refractivity contribution >= 4 is 28.6 Å². The van der Waals surface area contributed by atoms with E-state index in [0.29, 0.717) is 11.4 Å². The van der Waals surface area contributed by atoms with Crippen LogP contribution < -0.4 is 5.11 Å². The number of carboxylic acids is 1. The molecule has 0 aliphatic carbocycles. The van der Waals surface area contributed by atoms with Gasteiger partial charge in [0, 0.05) is 36.1 Å². The van der Waals surface area contributed by atoms with E-state index in [1.165, 1.54) is 11.8 Å². The molecule has 2 aromatic heterocycles. The Hall–Kier alpha value is -2.34. The quantitative estimate of drug-likeness (QED) is 0.685. The number of pyridine rings is 1. The van der Waals surface area contributed by atoms with Gasteiger partial charge in [-0.25, -0.2) is 4.98 Å². The van der Waals surface area contributed by atoms with E-state index in [0.717, 1.165) is 16.1 Å². The lowest BCUT2D eigenvalue weighted by molar-refractivity contribution is -0.255. The lowest BCUT2D eigenvalue weighted by Gasteiger charge is -2.11. The number of aromatic carboxylic acids is 1. The van der Waals surface area contributed by atoms with Gasteiger partial charge < -0.3 is 14.5 Å². The fourth-order valence-electron chi connectivity index (χ4n) is 2.07. The molecule has 0 saturated carbocycles. The molecule has 0 spiro atoms. The molecule has 0 bridgehead atoms. The Bertz CT molecular complexity index is 814. The van der Waals surface area contributed by atoms with Crippen LogP contribution in [-0.4, -0.2) is 20.5 Å². The number of imidazole rings is 1. The van der Waals surface area contributed by atoms with Crippen molar-refractivity contribution in [2.75, 3.05) is 0 Å². The summed E-state index contributed by atoms with van der Waals surface area (Å²) in [7, 11) is 1.89. The SMILES string of the molecule is Cn1ccnc1SCc1nc2ccccc2cc1C(=O)[O-]. The molecule has 1 aromatic carbocycles. The molecule has 3 rings (SSSR count). The first kappa shape index (κ1) is 13.6. The molecule has 0 unspecified atom stereocenters. The maximum absolute atomic E-state index is 11.3. The van der Waals surface area contributed by atoms with Crippen LogP contribution in [0, 0.1) is 0 Å². The number of hydrogen-bond donors (Lipinski definition) is 0. The summed E-state index contributed by atoms with van der Waals surface area (Å²) in [5.74, 6) is -0.775. The molecular weight excluding hydrogens is 286 g/mol. The highest BCUT2D eigenvalue weighted by Crippen LogP contribution is 2.24. The first-order chi connectivity index (χ1) is 10.1. The zero-order chi connectivity index (χ0) is 14.8. The van der Waals surface area contributed by atoms with Gasteiger partial charge in [-0.1, -0.05) is 30.0 Å². The van der Waals surface area contributed by atoms with Gasteiger partial charge in [-0.05, 0) is 12.1 Å². The van der Waals surface area contributed by atoms with Crippen LogP contribution in [0.1, 0.15) is 16.1 Å². The molecule has 0 N–H and O–H groups in total. The van der Waals surface area contributed by atoms with Gasteiger partial charge in [-0.2, -0.15) is 0 Å². The van der Waals surface area contributed by atoms with Crippen molar-refractivity contribution in [1.82, 2.24) is 14.5 Å². The van der Waals surface area contributed by atoms with Crippen LogP contribution in [0.25, 0.3) is 10.9 Å².